The zero-order valence-electron chi connectivity index (χ0n) is 10.8. The molecule has 0 spiro atoms. The highest BCUT2D eigenvalue weighted by Gasteiger charge is 1.96. The predicted molar refractivity (Wildman–Crippen MR) is 80.8 cm³/mol. The van der Waals surface area contributed by atoms with E-state index in [4.69, 9.17) is 9.47 Å². The van der Waals surface area contributed by atoms with Crippen LogP contribution in [0.4, 0.5) is 11.4 Å². The van der Waals surface area contributed by atoms with Gasteiger partial charge in [0.25, 0.3) is 0 Å². The second-order valence-corrected chi connectivity index (χ2v) is 4.38. The molecule has 5 heteroatoms. The first-order valence-electron chi connectivity index (χ1n) is 5.78. The molecule has 0 fully saturated rings. The summed E-state index contributed by atoms with van der Waals surface area (Å²) in [5.74, 6) is 1.69. The van der Waals surface area contributed by atoms with E-state index in [0.717, 1.165) is 22.9 Å². The van der Waals surface area contributed by atoms with Crippen molar-refractivity contribution >= 4 is 23.5 Å². The lowest BCUT2D eigenvalue weighted by atomic mass is 10.3. The number of hydrogen-bond acceptors (Lipinski definition) is 5. The lowest BCUT2D eigenvalue weighted by molar-refractivity contribution is 0.415. The van der Waals surface area contributed by atoms with Crippen LogP contribution in [0.5, 0.6) is 11.5 Å². The van der Waals surface area contributed by atoms with Crippen molar-refractivity contribution in [2.24, 2.45) is 0 Å². The van der Waals surface area contributed by atoms with Gasteiger partial charge in [-0.15, -0.1) is 0 Å². The predicted octanol–water partition coefficient (Wildman–Crippen LogP) is 3.79. The Morgan fingerprint density at radius 1 is 0.684 bits per heavy atom. The number of nitrogens with one attached hydrogen (secondary N) is 2. The fourth-order valence-corrected chi connectivity index (χ4v) is 2.02. The largest absolute Gasteiger partial charge is 0.497 e. The Kier molecular flexibility index (Phi) is 4.80. The van der Waals surface area contributed by atoms with Gasteiger partial charge < -0.3 is 18.9 Å². The monoisotopic (exact) mass is 276 g/mol. The summed E-state index contributed by atoms with van der Waals surface area (Å²) in [7, 11) is 3.31. The van der Waals surface area contributed by atoms with Gasteiger partial charge in [0.05, 0.1) is 26.4 Å². The average Bonchev–Trinajstić information content (AvgIpc) is 2.49. The molecule has 100 valence electrons. The van der Waals surface area contributed by atoms with Crippen LogP contribution in [0.2, 0.25) is 0 Å². The number of anilines is 2. The molecule has 2 aromatic rings. The van der Waals surface area contributed by atoms with Crippen LogP contribution in [0.25, 0.3) is 0 Å². The third-order valence-corrected chi connectivity index (χ3v) is 3.19. The van der Waals surface area contributed by atoms with Crippen LogP contribution < -0.4 is 18.9 Å². The van der Waals surface area contributed by atoms with Crippen molar-refractivity contribution in [1.29, 1.82) is 0 Å². The minimum Gasteiger partial charge on any atom is -0.497 e. The van der Waals surface area contributed by atoms with Crippen molar-refractivity contribution < 1.29 is 9.47 Å². The van der Waals surface area contributed by atoms with Crippen molar-refractivity contribution in [3.63, 3.8) is 0 Å². The third-order valence-electron chi connectivity index (χ3n) is 2.52. The minimum atomic E-state index is 0.846. The second-order valence-electron chi connectivity index (χ2n) is 3.76. The molecule has 0 heterocycles. The molecule has 0 saturated heterocycles. The molecule has 19 heavy (non-hydrogen) atoms. The molecule has 0 aliphatic carbocycles. The maximum atomic E-state index is 5.10. The number of ether oxygens (including phenoxy) is 2. The van der Waals surface area contributed by atoms with Gasteiger partial charge in [-0.1, -0.05) is 0 Å². The van der Waals surface area contributed by atoms with Crippen molar-refractivity contribution in [2.45, 2.75) is 0 Å². The molecular weight excluding hydrogens is 260 g/mol. The number of hydrogen-bond donors (Lipinski definition) is 2. The third kappa shape index (κ3) is 3.99. The SMILES string of the molecule is COc1ccc(NSNc2ccc(OC)cc2)cc1. The Balaban J connectivity index is 1.81. The Labute approximate surface area is 117 Å². The van der Waals surface area contributed by atoms with Gasteiger partial charge >= 0.3 is 0 Å². The molecule has 2 rings (SSSR count). The van der Waals surface area contributed by atoms with Gasteiger partial charge in [-0.3, -0.25) is 0 Å². The molecule has 0 aromatic heterocycles. The molecule has 0 saturated carbocycles. The smallest absolute Gasteiger partial charge is 0.119 e. The van der Waals surface area contributed by atoms with Crippen LogP contribution in [-0.4, -0.2) is 14.2 Å². The molecule has 0 aliphatic rings. The summed E-state index contributed by atoms with van der Waals surface area (Å²) in [4.78, 5) is 0. The van der Waals surface area contributed by atoms with Crippen LogP contribution in [0.15, 0.2) is 48.5 Å². The van der Waals surface area contributed by atoms with E-state index in [2.05, 4.69) is 9.44 Å². The maximum Gasteiger partial charge on any atom is 0.119 e. The van der Waals surface area contributed by atoms with Gasteiger partial charge in [0, 0.05) is 11.4 Å². The Bertz CT molecular complexity index is 452. The van der Waals surface area contributed by atoms with E-state index in [9.17, 15) is 0 Å². The van der Waals surface area contributed by atoms with Gasteiger partial charge in [0.15, 0.2) is 0 Å². The van der Waals surface area contributed by atoms with Crippen molar-refractivity contribution in [2.75, 3.05) is 23.7 Å². The first-order valence-corrected chi connectivity index (χ1v) is 6.59. The number of rotatable bonds is 6. The van der Waals surface area contributed by atoms with Crippen molar-refractivity contribution in [1.82, 2.24) is 0 Å². The average molecular weight is 276 g/mol. The summed E-state index contributed by atoms with van der Waals surface area (Å²) in [5, 5.41) is 0. The van der Waals surface area contributed by atoms with Gasteiger partial charge in [-0.05, 0) is 48.5 Å². The highest BCUT2D eigenvalue weighted by molar-refractivity contribution is 8.01. The summed E-state index contributed by atoms with van der Waals surface area (Å²) in [5.41, 5.74) is 2.01. The van der Waals surface area contributed by atoms with Gasteiger partial charge in [-0.25, -0.2) is 0 Å². The van der Waals surface area contributed by atoms with Crippen LogP contribution >= 0.6 is 12.1 Å². The lowest BCUT2D eigenvalue weighted by Crippen LogP contribution is -1.94. The van der Waals surface area contributed by atoms with E-state index in [1.165, 1.54) is 12.1 Å². The molecule has 2 aromatic carbocycles. The van der Waals surface area contributed by atoms with E-state index in [1.807, 2.05) is 48.5 Å². The summed E-state index contributed by atoms with van der Waals surface area (Å²) in [6.45, 7) is 0. The first kappa shape index (κ1) is 13.4. The van der Waals surface area contributed by atoms with Crippen LogP contribution in [0, 0.1) is 0 Å². The topological polar surface area (TPSA) is 42.5 Å². The normalized spacial score (nSPS) is 9.79. The molecular formula is C14H16N2O2S. The molecule has 0 radical (unpaired) electrons. The maximum absolute atomic E-state index is 5.10. The quantitative estimate of drug-likeness (QED) is 0.786. The molecule has 0 amide bonds. The molecule has 0 aliphatic heterocycles. The number of benzene rings is 2. The van der Waals surface area contributed by atoms with E-state index in [-0.39, 0.29) is 0 Å². The van der Waals surface area contributed by atoms with Crippen LogP contribution in [0.3, 0.4) is 0 Å². The Morgan fingerprint density at radius 3 is 1.37 bits per heavy atom. The molecule has 4 nitrogen and oxygen atoms in total. The zero-order valence-corrected chi connectivity index (χ0v) is 11.7. The highest BCUT2D eigenvalue weighted by atomic mass is 32.2. The summed E-state index contributed by atoms with van der Waals surface area (Å²) < 4.78 is 16.6. The van der Waals surface area contributed by atoms with E-state index in [1.54, 1.807) is 14.2 Å². The van der Waals surface area contributed by atoms with Crippen LogP contribution in [-0.2, 0) is 0 Å². The van der Waals surface area contributed by atoms with Crippen LogP contribution in [0.1, 0.15) is 0 Å². The van der Waals surface area contributed by atoms with Gasteiger partial charge in [0.1, 0.15) is 11.5 Å². The molecule has 0 bridgehead atoms. The van der Waals surface area contributed by atoms with Crippen molar-refractivity contribution in [3.05, 3.63) is 48.5 Å². The summed E-state index contributed by atoms with van der Waals surface area (Å²) in [6, 6.07) is 15.5. The standard InChI is InChI=1S/C14H16N2O2S/c1-17-13-7-3-11(4-8-13)15-19-16-12-5-9-14(18-2)10-6-12/h3-10,15-16H,1-2H3. The first-order chi connectivity index (χ1) is 9.31. The summed E-state index contributed by atoms with van der Waals surface area (Å²) >= 11 is 1.40. The van der Waals surface area contributed by atoms with E-state index >= 15 is 0 Å². The van der Waals surface area contributed by atoms with E-state index < -0.39 is 0 Å². The minimum absolute atomic E-state index is 0.846. The second kappa shape index (κ2) is 6.80. The summed E-state index contributed by atoms with van der Waals surface area (Å²) in [6.07, 6.45) is 0. The zero-order chi connectivity index (χ0) is 13.5. The molecule has 0 unspecified atom stereocenters. The van der Waals surface area contributed by atoms with Gasteiger partial charge in [-0.2, -0.15) is 0 Å². The molecule has 2 N–H and O–H groups in total. The fraction of sp³-hybridized carbons (Fsp3) is 0.143. The number of methoxy groups -OCH3 is 2. The Morgan fingerprint density at radius 2 is 1.05 bits per heavy atom. The van der Waals surface area contributed by atoms with Crippen molar-refractivity contribution in [3.8, 4) is 11.5 Å². The Hall–Kier alpha value is -2.01. The lowest BCUT2D eigenvalue weighted by Gasteiger charge is -2.08. The van der Waals surface area contributed by atoms with E-state index in [0.29, 0.717) is 0 Å². The molecule has 0 atom stereocenters. The van der Waals surface area contributed by atoms with Gasteiger partial charge in [0.2, 0.25) is 0 Å². The highest BCUT2D eigenvalue weighted by Crippen LogP contribution is 2.20. The fourth-order valence-electron chi connectivity index (χ4n) is 1.46.